The Labute approximate surface area is 131 Å². The van der Waals surface area contributed by atoms with Crippen molar-refractivity contribution in [2.75, 3.05) is 39.4 Å². The van der Waals surface area contributed by atoms with E-state index in [1.165, 1.54) is 19.3 Å². The largest absolute Gasteiger partial charge is 0.390 e. The number of aromatic nitrogens is 3. The van der Waals surface area contributed by atoms with E-state index in [0.29, 0.717) is 19.6 Å². The molecule has 1 atom stereocenters. The van der Waals surface area contributed by atoms with Crippen LogP contribution in [-0.2, 0) is 24.2 Å². The second-order valence-electron chi connectivity index (χ2n) is 6.19. The van der Waals surface area contributed by atoms with Gasteiger partial charge in [-0.05, 0) is 12.8 Å². The molecule has 3 heterocycles. The first kappa shape index (κ1) is 15.9. The molecule has 7 nitrogen and oxygen atoms in total. The van der Waals surface area contributed by atoms with Gasteiger partial charge >= 0.3 is 0 Å². The molecule has 1 unspecified atom stereocenters. The highest BCUT2D eigenvalue weighted by atomic mass is 16.5. The van der Waals surface area contributed by atoms with E-state index in [1.807, 2.05) is 0 Å². The van der Waals surface area contributed by atoms with Crippen molar-refractivity contribution in [1.82, 2.24) is 25.0 Å². The molecule has 0 spiro atoms. The zero-order chi connectivity index (χ0) is 15.2. The zero-order valence-electron chi connectivity index (χ0n) is 13.2. The summed E-state index contributed by atoms with van der Waals surface area (Å²) in [5.41, 5.74) is 0. The van der Waals surface area contributed by atoms with Crippen molar-refractivity contribution in [2.45, 2.75) is 44.9 Å². The lowest BCUT2D eigenvalue weighted by atomic mass is 10.2. The van der Waals surface area contributed by atoms with Crippen molar-refractivity contribution >= 4 is 0 Å². The lowest BCUT2D eigenvalue weighted by molar-refractivity contribution is 0.0148. The molecule has 0 saturated carbocycles. The molecule has 124 valence electrons. The van der Waals surface area contributed by atoms with E-state index >= 15 is 0 Å². The molecule has 1 aromatic heterocycles. The smallest absolute Gasteiger partial charge is 0.147 e. The van der Waals surface area contributed by atoms with Crippen LogP contribution in [0.2, 0.25) is 0 Å². The van der Waals surface area contributed by atoms with Gasteiger partial charge in [0.1, 0.15) is 11.6 Å². The number of β-amino-alcohol motifs (C(OH)–C–C–N with tert-alkyl or cyclic N) is 1. The van der Waals surface area contributed by atoms with Gasteiger partial charge in [-0.25, -0.2) is 0 Å². The highest BCUT2D eigenvalue weighted by molar-refractivity contribution is 4.97. The van der Waals surface area contributed by atoms with Crippen LogP contribution in [-0.4, -0.2) is 70.3 Å². The average molecular weight is 309 g/mol. The summed E-state index contributed by atoms with van der Waals surface area (Å²) in [6.07, 6.45) is 4.37. The quantitative estimate of drug-likeness (QED) is 0.757. The molecule has 0 bridgehead atoms. The van der Waals surface area contributed by atoms with Gasteiger partial charge in [0.2, 0.25) is 0 Å². The number of ether oxygens (including phenoxy) is 1. The van der Waals surface area contributed by atoms with Crippen LogP contribution in [0.4, 0.5) is 0 Å². The van der Waals surface area contributed by atoms with E-state index in [0.717, 1.165) is 50.9 Å². The number of aliphatic hydroxyl groups excluding tert-OH is 1. The Kier molecular flexibility index (Phi) is 5.77. The van der Waals surface area contributed by atoms with Crippen molar-refractivity contribution in [1.29, 1.82) is 0 Å². The minimum atomic E-state index is -0.357. The van der Waals surface area contributed by atoms with Gasteiger partial charge in [-0.3, -0.25) is 4.90 Å². The van der Waals surface area contributed by atoms with Gasteiger partial charge in [0.05, 0.1) is 25.9 Å². The van der Waals surface area contributed by atoms with Crippen LogP contribution in [0, 0.1) is 0 Å². The van der Waals surface area contributed by atoms with Gasteiger partial charge in [-0.1, -0.05) is 6.42 Å². The Morgan fingerprint density at radius 1 is 1.14 bits per heavy atom. The average Bonchev–Trinajstić information content (AvgIpc) is 2.76. The van der Waals surface area contributed by atoms with Crippen molar-refractivity contribution < 1.29 is 9.84 Å². The van der Waals surface area contributed by atoms with Gasteiger partial charge in [0.15, 0.2) is 0 Å². The molecule has 3 rings (SSSR count). The number of morpholine rings is 1. The van der Waals surface area contributed by atoms with E-state index in [4.69, 9.17) is 4.74 Å². The van der Waals surface area contributed by atoms with Gasteiger partial charge in [0.25, 0.3) is 0 Å². The predicted molar refractivity (Wildman–Crippen MR) is 82.5 cm³/mol. The van der Waals surface area contributed by atoms with Gasteiger partial charge < -0.3 is 19.7 Å². The fourth-order valence-electron chi connectivity index (χ4n) is 3.17. The van der Waals surface area contributed by atoms with Crippen molar-refractivity contribution in [3.8, 4) is 0 Å². The Bertz CT molecular complexity index is 459. The first-order valence-corrected chi connectivity index (χ1v) is 8.43. The maximum atomic E-state index is 10.1. The molecular formula is C15H27N5O2. The van der Waals surface area contributed by atoms with Gasteiger partial charge in [-0.2, -0.15) is 0 Å². The summed E-state index contributed by atoms with van der Waals surface area (Å²) in [7, 11) is 0. The summed E-state index contributed by atoms with van der Waals surface area (Å²) in [5, 5.41) is 22.0. The van der Waals surface area contributed by atoms with E-state index in [1.54, 1.807) is 0 Å². The molecule has 0 amide bonds. The maximum absolute atomic E-state index is 10.1. The fourth-order valence-corrected chi connectivity index (χ4v) is 3.17. The fraction of sp³-hybridized carbons (Fsp3) is 0.867. The van der Waals surface area contributed by atoms with Crippen LogP contribution in [0.3, 0.4) is 0 Å². The topological polar surface area (TPSA) is 75.4 Å². The molecule has 1 fully saturated rings. The van der Waals surface area contributed by atoms with E-state index in [2.05, 4.69) is 25.0 Å². The summed E-state index contributed by atoms with van der Waals surface area (Å²) in [5.74, 6) is 2.11. The maximum Gasteiger partial charge on any atom is 0.147 e. The van der Waals surface area contributed by atoms with Crippen LogP contribution in [0.15, 0.2) is 0 Å². The van der Waals surface area contributed by atoms with E-state index < -0.39 is 0 Å². The zero-order valence-corrected chi connectivity index (χ0v) is 13.2. The third-order valence-electron chi connectivity index (χ3n) is 4.42. The molecule has 0 radical (unpaired) electrons. The normalized spacial score (nSPS) is 21.3. The number of aliphatic hydroxyl groups is 1. The van der Waals surface area contributed by atoms with Crippen molar-refractivity contribution in [3.05, 3.63) is 11.6 Å². The molecule has 1 saturated heterocycles. The Morgan fingerprint density at radius 3 is 2.86 bits per heavy atom. The number of rotatable bonds is 6. The lowest BCUT2D eigenvalue weighted by Gasteiger charge is -2.28. The molecule has 7 heteroatoms. The van der Waals surface area contributed by atoms with Crippen LogP contribution < -0.4 is 5.32 Å². The highest BCUT2D eigenvalue weighted by Gasteiger charge is 2.16. The molecule has 22 heavy (non-hydrogen) atoms. The number of nitrogens with one attached hydrogen (secondary N) is 1. The minimum Gasteiger partial charge on any atom is -0.390 e. The summed E-state index contributed by atoms with van der Waals surface area (Å²) in [6.45, 7) is 6.35. The number of hydrogen-bond donors (Lipinski definition) is 2. The third kappa shape index (κ3) is 4.25. The predicted octanol–water partition coefficient (Wildman–Crippen LogP) is -0.213. The Morgan fingerprint density at radius 2 is 2.00 bits per heavy atom. The molecule has 2 aliphatic heterocycles. The summed E-state index contributed by atoms with van der Waals surface area (Å²) in [4.78, 5) is 2.25. The van der Waals surface area contributed by atoms with Crippen molar-refractivity contribution in [3.63, 3.8) is 0 Å². The SMILES string of the molecule is OC(CNCc1nnc2n1CCCCC2)CN1CCOCC1. The van der Waals surface area contributed by atoms with Gasteiger partial charge in [0, 0.05) is 39.1 Å². The van der Waals surface area contributed by atoms with Crippen LogP contribution in [0.5, 0.6) is 0 Å². The standard InChI is InChI=1S/C15H27N5O2/c21-13(12-19-6-8-22-9-7-19)10-16-11-15-18-17-14-4-2-1-3-5-20(14)15/h13,16,21H,1-12H2. The molecule has 0 aromatic carbocycles. The second-order valence-corrected chi connectivity index (χ2v) is 6.19. The minimum absolute atomic E-state index is 0.357. The Hall–Kier alpha value is -1.02. The number of fused-ring (bicyclic) bond motifs is 1. The number of hydrogen-bond acceptors (Lipinski definition) is 6. The monoisotopic (exact) mass is 309 g/mol. The molecular weight excluding hydrogens is 282 g/mol. The summed E-state index contributed by atoms with van der Waals surface area (Å²) >= 11 is 0. The van der Waals surface area contributed by atoms with E-state index in [9.17, 15) is 5.11 Å². The summed E-state index contributed by atoms with van der Waals surface area (Å²) < 4.78 is 7.56. The van der Waals surface area contributed by atoms with Crippen LogP contribution in [0.1, 0.15) is 30.9 Å². The second kappa shape index (κ2) is 8.01. The van der Waals surface area contributed by atoms with Crippen molar-refractivity contribution in [2.24, 2.45) is 0 Å². The molecule has 2 aliphatic rings. The molecule has 1 aromatic rings. The summed E-state index contributed by atoms with van der Waals surface area (Å²) in [6, 6.07) is 0. The number of nitrogens with zero attached hydrogens (tertiary/aromatic N) is 4. The molecule has 0 aliphatic carbocycles. The first-order chi connectivity index (χ1) is 10.8. The van der Waals surface area contributed by atoms with E-state index in [-0.39, 0.29) is 6.10 Å². The Balaban J connectivity index is 1.42. The van der Waals surface area contributed by atoms with Gasteiger partial charge in [-0.15, -0.1) is 10.2 Å². The third-order valence-corrected chi connectivity index (χ3v) is 4.42. The lowest BCUT2D eigenvalue weighted by Crippen LogP contribution is -2.43. The van der Waals surface area contributed by atoms with Crippen LogP contribution in [0.25, 0.3) is 0 Å². The van der Waals surface area contributed by atoms with Crippen LogP contribution >= 0.6 is 0 Å². The number of aryl methyl sites for hydroxylation is 1. The first-order valence-electron chi connectivity index (χ1n) is 8.43. The molecule has 2 N–H and O–H groups in total. The highest BCUT2D eigenvalue weighted by Crippen LogP contribution is 2.14.